The Bertz CT molecular complexity index is 245. The molecule has 0 bridgehead atoms. The summed E-state index contributed by atoms with van der Waals surface area (Å²) in [6, 6.07) is 0. The molecule has 1 fully saturated rings. The highest BCUT2D eigenvalue weighted by Gasteiger charge is 2.10. The van der Waals surface area contributed by atoms with Gasteiger partial charge in [0.2, 0.25) is 0 Å². The van der Waals surface area contributed by atoms with Crippen molar-refractivity contribution in [3.63, 3.8) is 0 Å². The van der Waals surface area contributed by atoms with Crippen LogP contribution in [0.5, 0.6) is 0 Å². The Hall–Kier alpha value is -1.18. The van der Waals surface area contributed by atoms with Crippen LogP contribution in [0.25, 0.3) is 0 Å². The first-order chi connectivity index (χ1) is 6.74. The van der Waals surface area contributed by atoms with E-state index in [0.29, 0.717) is 5.70 Å². The number of nitrogens with two attached hydrogens (primary N) is 1. The van der Waals surface area contributed by atoms with Gasteiger partial charge >= 0.3 is 0 Å². The monoisotopic (exact) mass is 192 g/mol. The molecule has 14 heavy (non-hydrogen) atoms. The third kappa shape index (κ3) is 3.29. The van der Waals surface area contributed by atoms with E-state index in [0.717, 1.165) is 0 Å². The van der Waals surface area contributed by atoms with Crippen molar-refractivity contribution < 1.29 is 0 Å². The molecular weight excluding hydrogens is 172 g/mol. The molecule has 2 heteroatoms. The Labute approximate surface area is 86.8 Å². The van der Waals surface area contributed by atoms with Crippen LogP contribution in [0.3, 0.4) is 0 Å². The van der Waals surface area contributed by atoms with Crippen molar-refractivity contribution in [2.75, 3.05) is 13.1 Å². The molecule has 1 aliphatic rings. The number of piperidine rings is 1. The minimum absolute atomic E-state index is 0.612. The summed E-state index contributed by atoms with van der Waals surface area (Å²) in [6.45, 7) is 8.05. The smallest absolute Gasteiger partial charge is 0.0323 e. The number of likely N-dealkylation sites (tertiary alicyclic amines) is 1. The average molecular weight is 192 g/mol. The summed E-state index contributed by atoms with van der Waals surface area (Å²) in [5.74, 6) is 0. The van der Waals surface area contributed by atoms with Gasteiger partial charge < -0.3 is 10.6 Å². The van der Waals surface area contributed by atoms with Crippen molar-refractivity contribution in [2.24, 2.45) is 5.73 Å². The van der Waals surface area contributed by atoms with Gasteiger partial charge in [-0.3, -0.25) is 0 Å². The number of hydrogen-bond acceptors (Lipinski definition) is 2. The first-order valence-electron chi connectivity index (χ1n) is 5.27. The number of allylic oxidation sites excluding steroid dienone is 3. The third-order valence-electron chi connectivity index (χ3n) is 2.49. The van der Waals surface area contributed by atoms with E-state index in [1.54, 1.807) is 0 Å². The number of hydrogen-bond donors (Lipinski definition) is 1. The Morgan fingerprint density at radius 1 is 1.21 bits per heavy atom. The molecule has 0 aromatic rings. The molecule has 2 N–H and O–H groups in total. The van der Waals surface area contributed by atoms with E-state index in [-0.39, 0.29) is 0 Å². The first-order valence-corrected chi connectivity index (χ1v) is 5.27. The Morgan fingerprint density at radius 2 is 1.86 bits per heavy atom. The van der Waals surface area contributed by atoms with Gasteiger partial charge in [0.05, 0.1) is 0 Å². The van der Waals surface area contributed by atoms with E-state index >= 15 is 0 Å². The molecule has 0 spiro atoms. The van der Waals surface area contributed by atoms with Gasteiger partial charge in [0.25, 0.3) is 0 Å². The molecule has 1 rings (SSSR count). The highest BCUT2D eigenvalue weighted by atomic mass is 15.1. The van der Waals surface area contributed by atoms with Crippen molar-refractivity contribution in [1.29, 1.82) is 0 Å². The van der Waals surface area contributed by atoms with Gasteiger partial charge in [0.1, 0.15) is 0 Å². The van der Waals surface area contributed by atoms with Crippen LogP contribution in [0.4, 0.5) is 0 Å². The molecule has 0 atom stereocenters. The maximum Gasteiger partial charge on any atom is 0.0323 e. The maximum absolute atomic E-state index is 5.50. The molecule has 0 aromatic carbocycles. The fourth-order valence-electron chi connectivity index (χ4n) is 1.73. The Kier molecular flexibility index (Phi) is 4.30. The van der Waals surface area contributed by atoms with Crippen molar-refractivity contribution in [3.05, 3.63) is 36.2 Å². The van der Waals surface area contributed by atoms with Crippen LogP contribution in [0.1, 0.15) is 26.2 Å². The predicted molar refractivity (Wildman–Crippen MR) is 61.6 cm³/mol. The molecule has 0 aliphatic carbocycles. The zero-order valence-corrected chi connectivity index (χ0v) is 9.00. The van der Waals surface area contributed by atoms with Gasteiger partial charge in [-0.15, -0.1) is 0 Å². The summed E-state index contributed by atoms with van der Waals surface area (Å²) in [5.41, 5.74) is 7.37. The standard InChI is InChI=1S/C12H20N2/c1-3-12(8-7-11(2)13)14-9-5-4-6-10-14/h3,7-8H,2,4-6,9-10,13H2,1H3/b8-7-,12-3+. The second-order valence-electron chi connectivity index (χ2n) is 3.67. The van der Waals surface area contributed by atoms with E-state index < -0.39 is 0 Å². The Morgan fingerprint density at radius 3 is 2.36 bits per heavy atom. The quantitative estimate of drug-likeness (QED) is 0.696. The summed E-state index contributed by atoms with van der Waals surface area (Å²) in [6.07, 6.45) is 10.0. The molecule has 0 radical (unpaired) electrons. The van der Waals surface area contributed by atoms with Gasteiger partial charge in [0.15, 0.2) is 0 Å². The van der Waals surface area contributed by atoms with E-state index in [1.807, 2.05) is 12.2 Å². The molecule has 2 nitrogen and oxygen atoms in total. The molecule has 1 saturated heterocycles. The molecule has 0 unspecified atom stereocenters. The minimum atomic E-state index is 0.612. The summed E-state index contributed by atoms with van der Waals surface area (Å²) in [4.78, 5) is 2.41. The Balaban J connectivity index is 2.57. The number of rotatable bonds is 3. The van der Waals surface area contributed by atoms with E-state index in [1.165, 1.54) is 38.0 Å². The fourth-order valence-corrected chi connectivity index (χ4v) is 1.73. The molecule has 1 heterocycles. The lowest BCUT2D eigenvalue weighted by Crippen LogP contribution is -2.28. The third-order valence-corrected chi connectivity index (χ3v) is 2.49. The van der Waals surface area contributed by atoms with Crippen molar-refractivity contribution in [2.45, 2.75) is 26.2 Å². The van der Waals surface area contributed by atoms with Gasteiger partial charge in [0, 0.05) is 24.5 Å². The second-order valence-corrected chi connectivity index (χ2v) is 3.67. The maximum atomic E-state index is 5.50. The molecule has 0 saturated carbocycles. The molecule has 0 aromatic heterocycles. The van der Waals surface area contributed by atoms with Crippen molar-refractivity contribution in [1.82, 2.24) is 4.90 Å². The van der Waals surface area contributed by atoms with E-state index in [9.17, 15) is 0 Å². The van der Waals surface area contributed by atoms with Gasteiger partial charge in [-0.1, -0.05) is 12.7 Å². The average Bonchev–Trinajstić information content (AvgIpc) is 2.20. The molecule has 0 amide bonds. The fraction of sp³-hybridized carbons (Fsp3) is 0.500. The normalized spacial score (nSPS) is 18.9. The lowest BCUT2D eigenvalue weighted by Gasteiger charge is -2.29. The minimum Gasteiger partial charge on any atom is -0.399 e. The van der Waals surface area contributed by atoms with Crippen molar-refractivity contribution in [3.8, 4) is 0 Å². The summed E-state index contributed by atoms with van der Waals surface area (Å²) < 4.78 is 0. The lowest BCUT2D eigenvalue weighted by atomic mass is 10.1. The molecule has 1 aliphatic heterocycles. The van der Waals surface area contributed by atoms with Crippen LogP contribution in [0, 0.1) is 0 Å². The largest absolute Gasteiger partial charge is 0.399 e. The number of nitrogens with zero attached hydrogens (tertiary/aromatic N) is 1. The predicted octanol–water partition coefficient (Wildman–Crippen LogP) is 2.40. The van der Waals surface area contributed by atoms with Gasteiger partial charge in [-0.25, -0.2) is 0 Å². The summed E-state index contributed by atoms with van der Waals surface area (Å²) >= 11 is 0. The van der Waals surface area contributed by atoms with Crippen molar-refractivity contribution >= 4 is 0 Å². The van der Waals surface area contributed by atoms with Crippen LogP contribution in [0.15, 0.2) is 36.2 Å². The zero-order chi connectivity index (χ0) is 10.4. The van der Waals surface area contributed by atoms with Gasteiger partial charge in [-0.2, -0.15) is 0 Å². The van der Waals surface area contributed by atoms with E-state index in [2.05, 4.69) is 24.5 Å². The lowest BCUT2D eigenvalue weighted by molar-refractivity contribution is 0.293. The zero-order valence-electron chi connectivity index (χ0n) is 9.00. The van der Waals surface area contributed by atoms with Crippen LogP contribution < -0.4 is 5.73 Å². The topological polar surface area (TPSA) is 29.3 Å². The molecular formula is C12H20N2. The van der Waals surface area contributed by atoms with Crippen LogP contribution in [-0.2, 0) is 0 Å². The highest BCUT2D eigenvalue weighted by molar-refractivity contribution is 5.23. The van der Waals surface area contributed by atoms with Crippen LogP contribution in [0.2, 0.25) is 0 Å². The second kappa shape index (κ2) is 5.53. The van der Waals surface area contributed by atoms with Crippen LogP contribution in [-0.4, -0.2) is 18.0 Å². The van der Waals surface area contributed by atoms with Gasteiger partial charge in [-0.05, 0) is 38.3 Å². The van der Waals surface area contributed by atoms with E-state index in [4.69, 9.17) is 5.73 Å². The SMILES string of the molecule is C=C(N)/C=C\C(=C/C)N1CCCCC1. The van der Waals surface area contributed by atoms with Crippen LogP contribution >= 0.6 is 0 Å². The summed E-state index contributed by atoms with van der Waals surface area (Å²) in [5, 5.41) is 0. The summed E-state index contributed by atoms with van der Waals surface area (Å²) in [7, 11) is 0. The molecule has 78 valence electrons. The highest BCUT2D eigenvalue weighted by Crippen LogP contribution is 2.15. The first kappa shape index (κ1) is 10.9.